The third-order valence-corrected chi connectivity index (χ3v) is 27.0. The van der Waals surface area contributed by atoms with Crippen LogP contribution in [0.4, 0.5) is 0 Å². The monoisotopic (exact) mass is 1730 g/mol. The second-order valence-corrected chi connectivity index (χ2v) is 37.6. The normalized spacial score (nSPS) is 11.6. The van der Waals surface area contributed by atoms with E-state index in [-0.39, 0.29) is 11.8 Å². The Labute approximate surface area is 798 Å². The lowest BCUT2D eigenvalue weighted by Gasteiger charge is -2.24. The molecule has 0 aromatic heterocycles. The molecule has 17 rings (SSSR count). The molecular weight excluding hydrogens is 1600 g/mol. The molecule has 0 aliphatic heterocycles. The highest BCUT2D eigenvalue weighted by Gasteiger charge is 2.25. The van der Waals surface area contributed by atoms with Crippen molar-refractivity contribution in [2.24, 2.45) is 0 Å². The van der Waals surface area contributed by atoms with Crippen LogP contribution in [0.25, 0.3) is 111 Å². The van der Waals surface area contributed by atoms with Crippen molar-refractivity contribution >= 4 is 0 Å². The third kappa shape index (κ3) is 24.7. The van der Waals surface area contributed by atoms with Crippen LogP contribution >= 0.6 is 0 Å². The Balaban J connectivity index is 0.000000253. The predicted octanol–water partition coefficient (Wildman–Crippen LogP) is 37.7. The zero-order valence-electron chi connectivity index (χ0n) is 81.3. The van der Waals surface area contributed by atoms with E-state index in [2.05, 4.69) is 472 Å². The molecule has 2 atom stereocenters. The van der Waals surface area contributed by atoms with Gasteiger partial charge < -0.3 is 0 Å². The minimum absolute atomic E-state index is 0.0620. The maximum atomic E-state index is 2.64. The lowest BCUT2D eigenvalue weighted by molar-refractivity contribution is 0.664. The van der Waals surface area contributed by atoms with Crippen molar-refractivity contribution in [3.05, 3.63) is 488 Å². The van der Waals surface area contributed by atoms with Crippen LogP contribution in [-0.4, -0.2) is 0 Å². The molecule has 2 unspecified atom stereocenters. The van der Waals surface area contributed by atoms with Gasteiger partial charge in [0.2, 0.25) is 0 Å². The summed E-state index contributed by atoms with van der Waals surface area (Å²) in [6.45, 7) is 28.9. The average Bonchev–Trinajstić information content (AvgIpc) is 0.767. The third-order valence-electron chi connectivity index (χ3n) is 27.0. The summed E-state index contributed by atoms with van der Waals surface area (Å²) >= 11 is 0. The predicted molar refractivity (Wildman–Crippen MR) is 577 cm³/mol. The standard InChI is InChI=1S/C90H94.C27H24.C16H18/c1-9-13-15-17-21-81-61-88(86-58-56-84(60-66(86)8)90(78-49-41-74(42-50-78)70-33-25-64(6)26-34-70)80-53-45-76(46-54-80)72-37-29-68(20-12-4)30-38-72)82(22-18-16-14-10-2)62-87(81)85-57-55-83(59-65(85)7)89(77-47-39-73(40-48-77)69-31-23-63(5)24-32-69)79-51-43-75(44-52-79)71-35-27-67(19-11-3)28-36-71;1-19-4-10-22(11-5-19)25-16-26(23-12-6-20(2)7-13-23)18-27(17-25)24-14-8-21(3)9-15-24;1-3-4-14-7-11-16(12-8-14)15-9-5-13(2)6-10-15/h23-62,89-90H,9-22H2,1-8H3;4-18H,1-3H3;5-12H,3-4H2,1-2H3. The van der Waals surface area contributed by atoms with Crippen LogP contribution in [0.15, 0.2) is 382 Å². The van der Waals surface area contributed by atoms with Gasteiger partial charge in [-0.05, 0) is 302 Å². The Bertz CT molecular complexity index is 6120. The van der Waals surface area contributed by atoms with Crippen LogP contribution in [-0.2, 0) is 32.1 Å². The molecule has 133 heavy (non-hydrogen) atoms. The molecule has 0 saturated carbocycles. The van der Waals surface area contributed by atoms with Crippen molar-refractivity contribution in [1.82, 2.24) is 0 Å². The number of aryl methyl sites for hydroxylation is 13. The molecule has 0 fully saturated rings. The molecule has 668 valence electrons. The summed E-state index contributed by atoms with van der Waals surface area (Å²) in [5, 5.41) is 0. The van der Waals surface area contributed by atoms with Gasteiger partial charge in [0, 0.05) is 11.8 Å². The van der Waals surface area contributed by atoms with Gasteiger partial charge >= 0.3 is 0 Å². The van der Waals surface area contributed by atoms with Gasteiger partial charge in [0.1, 0.15) is 0 Å². The number of hydrogen-bond acceptors (Lipinski definition) is 0. The summed E-state index contributed by atoms with van der Waals surface area (Å²) in [6.07, 6.45) is 18.8. The smallest absolute Gasteiger partial charge is 0.0340 e. The van der Waals surface area contributed by atoms with Gasteiger partial charge in [-0.25, -0.2) is 0 Å². The Morgan fingerprint density at radius 1 is 0.150 bits per heavy atom. The van der Waals surface area contributed by atoms with E-state index in [9.17, 15) is 0 Å². The van der Waals surface area contributed by atoms with E-state index in [0.29, 0.717) is 0 Å². The molecule has 0 nitrogen and oxygen atoms in total. The number of rotatable bonds is 32. The molecule has 0 saturated heterocycles. The van der Waals surface area contributed by atoms with Crippen LogP contribution in [0.5, 0.6) is 0 Å². The highest BCUT2D eigenvalue weighted by Crippen LogP contribution is 2.44. The molecule has 0 radical (unpaired) electrons. The van der Waals surface area contributed by atoms with Crippen molar-refractivity contribution in [2.75, 3.05) is 0 Å². The Hall–Kier alpha value is -13.3. The van der Waals surface area contributed by atoms with E-state index in [1.165, 1.54) is 281 Å². The molecule has 0 heteroatoms. The van der Waals surface area contributed by atoms with Gasteiger partial charge in [0.25, 0.3) is 0 Å². The minimum atomic E-state index is 0.0620. The second kappa shape index (κ2) is 46.2. The fourth-order valence-corrected chi connectivity index (χ4v) is 19.1. The SMILES string of the molecule is CCCCCCc1cc(-c2ccc(C(c3ccc(-c4ccc(C)cc4)cc3)c3ccc(-c4ccc(CCC)cc4)cc3)cc2C)c(CCCCCC)cc1-c1ccc(C(c2ccc(-c3ccc(C)cc3)cc2)c2ccc(-c3ccc(CCC)cc3)cc2)cc1C.CCCc1ccc(-c2ccc(C)cc2)cc1.Cc1ccc(-c2cc(-c3ccc(C)cc3)cc(-c3ccc(C)cc3)c2)cc1. The minimum Gasteiger partial charge on any atom is -0.0654 e. The van der Waals surface area contributed by atoms with Gasteiger partial charge in [-0.15, -0.1) is 0 Å². The Morgan fingerprint density at radius 2 is 0.346 bits per heavy atom. The molecule has 17 aromatic carbocycles. The first-order valence-corrected chi connectivity index (χ1v) is 49.6. The fourth-order valence-electron chi connectivity index (χ4n) is 19.1. The Morgan fingerprint density at radius 3 is 0.549 bits per heavy atom. The van der Waals surface area contributed by atoms with Crippen LogP contribution < -0.4 is 0 Å². The fraction of sp³-hybridized carbons (Fsp3) is 0.233. The average molecular weight is 1730 g/mol. The lowest BCUT2D eigenvalue weighted by atomic mass is 9.80. The molecule has 0 bridgehead atoms. The maximum Gasteiger partial charge on any atom is 0.0340 e. The summed E-state index contributed by atoms with van der Waals surface area (Å²) in [7, 11) is 0. The summed E-state index contributed by atoms with van der Waals surface area (Å²) in [5.41, 5.74) is 51.0. The summed E-state index contributed by atoms with van der Waals surface area (Å²) in [6, 6.07) is 145. The molecule has 0 heterocycles. The largest absolute Gasteiger partial charge is 0.0654 e. The van der Waals surface area contributed by atoms with Crippen LogP contribution in [0.2, 0.25) is 0 Å². The number of benzene rings is 17. The van der Waals surface area contributed by atoms with Crippen LogP contribution in [0.3, 0.4) is 0 Å². The van der Waals surface area contributed by atoms with Gasteiger partial charge in [-0.2, -0.15) is 0 Å². The van der Waals surface area contributed by atoms with E-state index in [4.69, 9.17) is 0 Å². The zero-order valence-corrected chi connectivity index (χ0v) is 81.3. The van der Waals surface area contributed by atoms with Crippen molar-refractivity contribution < 1.29 is 0 Å². The summed E-state index contributed by atoms with van der Waals surface area (Å²) in [4.78, 5) is 0. The Kier molecular flexibility index (Phi) is 32.8. The number of hydrogen-bond donors (Lipinski definition) is 0. The first kappa shape index (κ1) is 94.4. The van der Waals surface area contributed by atoms with Gasteiger partial charge in [-0.1, -0.05) is 490 Å². The van der Waals surface area contributed by atoms with Gasteiger partial charge in [0.05, 0.1) is 0 Å². The van der Waals surface area contributed by atoms with Crippen LogP contribution in [0.1, 0.15) is 223 Å². The first-order valence-electron chi connectivity index (χ1n) is 49.6. The molecule has 0 amide bonds. The molecule has 0 aliphatic carbocycles. The zero-order chi connectivity index (χ0) is 92.5. The molecule has 0 aliphatic rings. The number of unbranched alkanes of at least 4 members (excludes halogenated alkanes) is 6. The topological polar surface area (TPSA) is 0 Å². The highest BCUT2D eigenvalue weighted by atomic mass is 14.3. The van der Waals surface area contributed by atoms with E-state index in [1.54, 1.807) is 0 Å². The van der Waals surface area contributed by atoms with Crippen LogP contribution in [0, 0.1) is 55.4 Å². The van der Waals surface area contributed by atoms with Gasteiger partial charge in [0.15, 0.2) is 0 Å². The molecule has 0 N–H and O–H groups in total. The summed E-state index contributed by atoms with van der Waals surface area (Å²) < 4.78 is 0. The molecule has 0 spiro atoms. The lowest BCUT2D eigenvalue weighted by Crippen LogP contribution is -2.06. The van der Waals surface area contributed by atoms with Gasteiger partial charge in [-0.3, -0.25) is 0 Å². The van der Waals surface area contributed by atoms with E-state index in [0.717, 1.165) is 38.5 Å². The summed E-state index contributed by atoms with van der Waals surface area (Å²) in [5.74, 6) is 0.124. The molecular formula is C133H136. The van der Waals surface area contributed by atoms with E-state index >= 15 is 0 Å². The second-order valence-electron chi connectivity index (χ2n) is 37.6. The quantitative estimate of drug-likeness (QED) is 0.0291. The molecule has 17 aromatic rings. The maximum absolute atomic E-state index is 2.64. The van der Waals surface area contributed by atoms with Crippen molar-refractivity contribution in [1.29, 1.82) is 0 Å². The van der Waals surface area contributed by atoms with Crippen molar-refractivity contribution in [3.63, 3.8) is 0 Å². The van der Waals surface area contributed by atoms with Crippen molar-refractivity contribution in [3.8, 4) is 111 Å². The first-order chi connectivity index (χ1) is 64.9. The highest BCUT2D eigenvalue weighted by molar-refractivity contribution is 5.84. The van der Waals surface area contributed by atoms with Crippen molar-refractivity contribution in [2.45, 2.75) is 205 Å². The van der Waals surface area contributed by atoms with E-state index < -0.39 is 0 Å². The van der Waals surface area contributed by atoms with E-state index in [1.807, 2.05) is 0 Å².